The van der Waals surface area contributed by atoms with Gasteiger partial charge in [0.05, 0.1) is 18.0 Å². The van der Waals surface area contributed by atoms with Gasteiger partial charge in [0.2, 0.25) is 0 Å². The molecule has 140 valence electrons. The van der Waals surface area contributed by atoms with Crippen LogP contribution in [-0.4, -0.2) is 46.3 Å². The van der Waals surface area contributed by atoms with Gasteiger partial charge in [-0.05, 0) is 59.3 Å². The number of aromatic nitrogens is 2. The summed E-state index contributed by atoms with van der Waals surface area (Å²) in [7, 11) is 0. The van der Waals surface area contributed by atoms with E-state index in [0.29, 0.717) is 12.5 Å². The van der Waals surface area contributed by atoms with E-state index in [0.717, 1.165) is 38.0 Å². The summed E-state index contributed by atoms with van der Waals surface area (Å²) in [6, 6.07) is 0. The first kappa shape index (κ1) is 19.6. The van der Waals surface area contributed by atoms with Gasteiger partial charge in [0, 0.05) is 32.1 Å². The minimum atomic E-state index is -0.436. The quantitative estimate of drug-likeness (QED) is 0.727. The summed E-state index contributed by atoms with van der Waals surface area (Å²) in [5.74, 6) is 0.525. The fourth-order valence-corrected chi connectivity index (χ4v) is 3.03. The van der Waals surface area contributed by atoms with Crippen molar-refractivity contribution in [3.63, 3.8) is 0 Å². The Morgan fingerprint density at radius 3 is 2.88 bits per heavy atom. The van der Waals surface area contributed by atoms with E-state index in [2.05, 4.69) is 9.97 Å². The van der Waals surface area contributed by atoms with Crippen LogP contribution in [0.4, 0.5) is 4.79 Å². The lowest BCUT2D eigenvalue weighted by molar-refractivity contribution is 0.0148. The van der Waals surface area contributed by atoms with Crippen LogP contribution in [0.5, 0.6) is 0 Å². The average molecular weight is 349 g/mol. The average Bonchev–Trinajstić information content (AvgIpc) is 2.58. The van der Waals surface area contributed by atoms with Gasteiger partial charge in [0.15, 0.2) is 0 Å². The number of hydrogen-bond acceptors (Lipinski definition) is 5. The number of amides is 1. The Morgan fingerprint density at radius 2 is 2.20 bits per heavy atom. The number of piperidine rings is 1. The molecule has 6 heteroatoms. The molecule has 2 atom stereocenters. The second-order valence-electron chi connectivity index (χ2n) is 7.72. The van der Waals surface area contributed by atoms with Crippen molar-refractivity contribution in [2.75, 3.05) is 19.7 Å². The molecular formula is C19H31N3O3. The zero-order valence-corrected chi connectivity index (χ0v) is 15.9. The Kier molecular flexibility index (Phi) is 7.17. The second-order valence-corrected chi connectivity index (χ2v) is 7.72. The molecule has 0 radical (unpaired) electrons. The highest BCUT2D eigenvalue weighted by atomic mass is 16.6. The normalized spacial score (nSPS) is 19.5. The molecule has 0 aliphatic carbocycles. The molecule has 2 heterocycles. The number of hydrogen-bond donors (Lipinski definition) is 0. The molecule has 1 aliphatic heterocycles. The molecule has 0 aromatic carbocycles. The Balaban J connectivity index is 1.68. The van der Waals surface area contributed by atoms with Crippen LogP contribution >= 0.6 is 0 Å². The van der Waals surface area contributed by atoms with Crippen molar-refractivity contribution in [2.45, 2.75) is 65.1 Å². The van der Waals surface area contributed by atoms with E-state index in [1.807, 2.05) is 32.6 Å². The Labute approximate surface area is 150 Å². The van der Waals surface area contributed by atoms with E-state index in [1.165, 1.54) is 6.42 Å². The largest absolute Gasteiger partial charge is 0.444 e. The summed E-state index contributed by atoms with van der Waals surface area (Å²) in [6.45, 7) is 9.99. The van der Waals surface area contributed by atoms with Crippen molar-refractivity contribution in [1.29, 1.82) is 0 Å². The third-order valence-electron chi connectivity index (χ3n) is 4.29. The lowest BCUT2D eigenvalue weighted by atomic mass is 9.94. The third kappa shape index (κ3) is 6.98. The molecule has 1 aromatic rings. The van der Waals surface area contributed by atoms with Crippen molar-refractivity contribution in [2.24, 2.45) is 5.92 Å². The SMILES string of the molecule is C[C@H](OCCC[C@H]1CCCN(C(=O)OC(C)(C)C)C1)c1cnccn1. The molecule has 25 heavy (non-hydrogen) atoms. The molecule has 1 fully saturated rings. The van der Waals surface area contributed by atoms with Gasteiger partial charge in [-0.3, -0.25) is 9.97 Å². The predicted octanol–water partition coefficient (Wildman–Crippen LogP) is 3.98. The Bertz CT molecular complexity index is 530. The second kappa shape index (κ2) is 9.13. The maximum absolute atomic E-state index is 12.2. The summed E-state index contributed by atoms with van der Waals surface area (Å²) in [4.78, 5) is 22.4. The number of carbonyl (C=O) groups excluding carboxylic acids is 1. The summed E-state index contributed by atoms with van der Waals surface area (Å²) >= 11 is 0. The summed E-state index contributed by atoms with van der Waals surface area (Å²) in [5.41, 5.74) is 0.421. The number of likely N-dealkylation sites (tertiary alicyclic amines) is 1. The molecule has 2 rings (SSSR count). The standard InChI is InChI=1S/C19H31N3O3/c1-15(17-13-20-9-10-21-17)24-12-6-8-16-7-5-11-22(14-16)18(23)25-19(2,3)4/h9-10,13,15-16H,5-8,11-12,14H2,1-4H3/t15-,16+/m0/s1. The van der Waals surface area contributed by atoms with Crippen molar-refractivity contribution in [3.05, 3.63) is 24.3 Å². The highest BCUT2D eigenvalue weighted by Crippen LogP contribution is 2.23. The van der Waals surface area contributed by atoms with E-state index < -0.39 is 5.60 Å². The van der Waals surface area contributed by atoms with Crippen LogP contribution in [0.3, 0.4) is 0 Å². The lowest BCUT2D eigenvalue weighted by Gasteiger charge is -2.34. The first-order valence-corrected chi connectivity index (χ1v) is 9.20. The van der Waals surface area contributed by atoms with E-state index in [1.54, 1.807) is 18.6 Å². The molecular weight excluding hydrogens is 318 g/mol. The topological polar surface area (TPSA) is 64.5 Å². The lowest BCUT2D eigenvalue weighted by Crippen LogP contribution is -2.42. The van der Waals surface area contributed by atoms with Crippen LogP contribution in [0.2, 0.25) is 0 Å². The zero-order valence-electron chi connectivity index (χ0n) is 15.9. The minimum absolute atomic E-state index is 0.0432. The van der Waals surface area contributed by atoms with Crippen molar-refractivity contribution in [3.8, 4) is 0 Å². The van der Waals surface area contributed by atoms with Gasteiger partial charge in [-0.15, -0.1) is 0 Å². The van der Waals surface area contributed by atoms with Gasteiger partial charge in [-0.25, -0.2) is 4.79 Å². The van der Waals surface area contributed by atoms with Crippen LogP contribution in [0.15, 0.2) is 18.6 Å². The number of ether oxygens (including phenoxy) is 2. The van der Waals surface area contributed by atoms with E-state index in [-0.39, 0.29) is 12.2 Å². The first-order chi connectivity index (χ1) is 11.8. The summed E-state index contributed by atoms with van der Waals surface area (Å²) in [6.07, 6.45) is 9.11. The van der Waals surface area contributed by atoms with Gasteiger partial charge in [0.1, 0.15) is 5.60 Å². The predicted molar refractivity (Wildman–Crippen MR) is 96.2 cm³/mol. The molecule has 0 bridgehead atoms. The Morgan fingerprint density at radius 1 is 1.40 bits per heavy atom. The van der Waals surface area contributed by atoms with Crippen LogP contribution in [0, 0.1) is 5.92 Å². The van der Waals surface area contributed by atoms with Gasteiger partial charge in [-0.2, -0.15) is 0 Å². The highest BCUT2D eigenvalue weighted by Gasteiger charge is 2.27. The van der Waals surface area contributed by atoms with Crippen molar-refractivity contribution < 1.29 is 14.3 Å². The van der Waals surface area contributed by atoms with Crippen LogP contribution in [-0.2, 0) is 9.47 Å². The molecule has 0 spiro atoms. The van der Waals surface area contributed by atoms with Crippen molar-refractivity contribution in [1.82, 2.24) is 14.9 Å². The maximum atomic E-state index is 12.2. The van der Waals surface area contributed by atoms with E-state index >= 15 is 0 Å². The molecule has 0 N–H and O–H groups in total. The fraction of sp³-hybridized carbons (Fsp3) is 0.737. The van der Waals surface area contributed by atoms with Gasteiger partial charge < -0.3 is 14.4 Å². The van der Waals surface area contributed by atoms with Gasteiger partial charge in [0.25, 0.3) is 0 Å². The molecule has 0 unspecified atom stereocenters. The molecule has 1 aliphatic rings. The molecule has 1 amide bonds. The zero-order chi connectivity index (χ0) is 18.3. The smallest absolute Gasteiger partial charge is 0.410 e. The van der Waals surface area contributed by atoms with E-state index in [4.69, 9.17) is 9.47 Å². The molecule has 0 saturated carbocycles. The minimum Gasteiger partial charge on any atom is -0.444 e. The summed E-state index contributed by atoms with van der Waals surface area (Å²) in [5, 5.41) is 0. The van der Waals surface area contributed by atoms with Crippen LogP contribution in [0.25, 0.3) is 0 Å². The van der Waals surface area contributed by atoms with Gasteiger partial charge in [-0.1, -0.05) is 0 Å². The fourth-order valence-electron chi connectivity index (χ4n) is 3.03. The number of rotatable bonds is 6. The van der Waals surface area contributed by atoms with Crippen LogP contribution < -0.4 is 0 Å². The number of nitrogens with zero attached hydrogens (tertiary/aromatic N) is 3. The first-order valence-electron chi connectivity index (χ1n) is 9.20. The van der Waals surface area contributed by atoms with E-state index in [9.17, 15) is 4.79 Å². The summed E-state index contributed by atoms with van der Waals surface area (Å²) < 4.78 is 11.3. The van der Waals surface area contributed by atoms with Crippen molar-refractivity contribution >= 4 is 6.09 Å². The Hall–Kier alpha value is -1.69. The monoisotopic (exact) mass is 349 g/mol. The van der Waals surface area contributed by atoms with Crippen LogP contribution in [0.1, 0.15) is 65.2 Å². The highest BCUT2D eigenvalue weighted by molar-refractivity contribution is 5.68. The third-order valence-corrected chi connectivity index (χ3v) is 4.29. The molecule has 1 saturated heterocycles. The molecule has 1 aromatic heterocycles. The number of carbonyl (C=O) groups is 1. The maximum Gasteiger partial charge on any atom is 0.410 e. The molecule has 6 nitrogen and oxygen atoms in total. The van der Waals surface area contributed by atoms with Gasteiger partial charge >= 0.3 is 6.09 Å².